The van der Waals surface area contributed by atoms with Gasteiger partial charge >= 0.3 is 5.97 Å². The molecule has 1 saturated heterocycles. The maximum Gasteiger partial charge on any atom is 0.312 e. The maximum absolute atomic E-state index is 11.9. The number of carbonyl (C=O) groups is 1. The van der Waals surface area contributed by atoms with Crippen LogP contribution in [0.5, 0.6) is 5.75 Å². The summed E-state index contributed by atoms with van der Waals surface area (Å²) in [6.45, 7) is 2.87. The SMILES string of the molecule is Cc1cc(=O)c2c(o1)C1(CCOCC1)CC(=O)O2. The summed E-state index contributed by atoms with van der Waals surface area (Å²) in [5, 5.41) is 0. The van der Waals surface area contributed by atoms with Crippen molar-refractivity contribution in [2.24, 2.45) is 0 Å². The smallest absolute Gasteiger partial charge is 0.312 e. The number of carbonyl (C=O) groups excluding carboxylic acids is 1. The van der Waals surface area contributed by atoms with E-state index >= 15 is 0 Å². The van der Waals surface area contributed by atoms with E-state index in [-0.39, 0.29) is 23.6 Å². The minimum absolute atomic E-state index is 0.0683. The predicted molar refractivity (Wildman–Crippen MR) is 61.7 cm³/mol. The van der Waals surface area contributed by atoms with Crippen molar-refractivity contribution in [2.45, 2.75) is 31.6 Å². The van der Waals surface area contributed by atoms with Crippen LogP contribution >= 0.6 is 0 Å². The van der Waals surface area contributed by atoms with Gasteiger partial charge in [0.1, 0.15) is 5.76 Å². The van der Waals surface area contributed by atoms with Gasteiger partial charge in [-0.1, -0.05) is 0 Å². The molecule has 2 aliphatic rings. The molecule has 2 aliphatic heterocycles. The van der Waals surface area contributed by atoms with Crippen molar-refractivity contribution in [2.75, 3.05) is 13.2 Å². The second kappa shape index (κ2) is 3.95. The van der Waals surface area contributed by atoms with Crippen LogP contribution in [0.2, 0.25) is 0 Å². The Balaban J connectivity index is 2.20. The zero-order valence-electron chi connectivity index (χ0n) is 10.2. The summed E-state index contributed by atoms with van der Waals surface area (Å²) >= 11 is 0. The fraction of sp³-hybridized carbons (Fsp3) is 0.538. The molecule has 3 heterocycles. The van der Waals surface area contributed by atoms with Crippen LogP contribution in [0, 0.1) is 6.92 Å². The molecule has 0 N–H and O–H groups in total. The molecule has 0 amide bonds. The molecule has 5 nitrogen and oxygen atoms in total. The zero-order chi connectivity index (χ0) is 12.8. The molecule has 0 aliphatic carbocycles. The molecule has 1 aromatic heterocycles. The number of ether oxygens (including phenoxy) is 2. The minimum Gasteiger partial charge on any atom is -0.462 e. The van der Waals surface area contributed by atoms with Crippen LogP contribution < -0.4 is 10.2 Å². The number of esters is 1. The average Bonchev–Trinajstić information content (AvgIpc) is 2.32. The lowest BCUT2D eigenvalue weighted by molar-refractivity contribution is -0.139. The summed E-state index contributed by atoms with van der Waals surface area (Å²) in [5.74, 6) is 0.775. The van der Waals surface area contributed by atoms with Gasteiger partial charge in [-0.3, -0.25) is 9.59 Å². The number of hydrogen-bond acceptors (Lipinski definition) is 5. The van der Waals surface area contributed by atoms with Gasteiger partial charge in [-0.2, -0.15) is 0 Å². The van der Waals surface area contributed by atoms with Crippen LogP contribution in [0.1, 0.15) is 30.8 Å². The van der Waals surface area contributed by atoms with Crippen molar-refractivity contribution in [1.29, 1.82) is 0 Å². The largest absolute Gasteiger partial charge is 0.462 e. The molecule has 96 valence electrons. The van der Waals surface area contributed by atoms with E-state index in [0.29, 0.717) is 37.6 Å². The van der Waals surface area contributed by atoms with E-state index in [1.54, 1.807) is 6.92 Å². The Labute approximate surface area is 104 Å². The molecule has 0 saturated carbocycles. The van der Waals surface area contributed by atoms with Crippen molar-refractivity contribution in [1.82, 2.24) is 0 Å². The van der Waals surface area contributed by atoms with Gasteiger partial charge < -0.3 is 13.9 Å². The van der Waals surface area contributed by atoms with Crippen LogP contribution in [0.4, 0.5) is 0 Å². The third-order valence-electron chi connectivity index (χ3n) is 3.66. The predicted octanol–water partition coefficient (Wildman–Crippen LogP) is 1.31. The van der Waals surface area contributed by atoms with Gasteiger partial charge in [0.15, 0.2) is 5.76 Å². The van der Waals surface area contributed by atoms with Crippen molar-refractivity contribution < 1.29 is 18.7 Å². The molecule has 1 aromatic rings. The molecule has 0 atom stereocenters. The monoisotopic (exact) mass is 250 g/mol. The standard InChI is InChI=1S/C13H14O5/c1-8-6-9(14)11-12(17-8)13(7-10(15)18-11)2-4-16-5-3-13/h6H,2-5,7H2,1H3. The van der Waals surface area contributed by atoms with Crippen LogP contribution in [0.3, 0.4) is 0 Å². The van der Waals surface area contributed by atoms with Gasteiger partial charge in [-0.25, -0.2) is 0 Å². The first-order valence-corrected chi connectivity index (χ1v) is 6.04. The summed E-state index contributed by atoms with van der Waals surface area (Å²) in [6, 6.07) is 1.35. The first-order chi connectivity index (χ1) is 8.61. The van der Waals surface area contributed by atoms with Crippen molar-refractivity contribution >= 4 is 5.97 Å². The molecule has 0 unspecified atom stereocenters. The second-order valence-electron chi connectivity index (χ2n) is 4.92. The van der Waals surface area contributed by atoms with Crippen LogP contribution in [-0.4, -0.2) is 19.2 Å². The van der Waals surface area contributed by atoms with E-state index in [0.717, 1.165) is 0 Å². The van der Waals surface area contributed by atoms with Crippen LogP contribution in [0.15, 0.2) is 15.3 Å². The number of hydrogen-bond donors (Lipinski definition) is 0. The first kappa shape index (κ1) is 11.5. The molecule has 0 bridgehead atoms. The van der Waals surface area contributed by atoms with E-state index in [2.05, 4.69) is 0 Å². The highest BCUT2D eigenvalue weighted by Gasteiger charge is 2.46. The van der Waals surface area contributed by atoms with Crippen molar-refractivity contribution in [3.8, 4) is 5.75 Å². The number of rotatable bonds is 0. The second-order valence-corrected chi connectivity index (χ2v) is 4.92. The van der Waals surface area contributed by atoms with E-state index in [9.17, 15) is 9.59 Å². The Kier molecular flexibility index (Phi) is 2.52. The molecular weight excluding hydrogens is 236 g/mol. The lowest BCUT2D eigenvalue weighted by Gasteiger charge is -2.38. The first-order valence-electron chi connectivity index (χ1n) is 6.04. The summed E-state index contributed by atoms with van der Waals surface area (Å²) in [5.41, 5.74) is -0.707. The summed E-state index contributed by atoms with van der Waals surface area (Å²) in [7, 11) is 0. The number of fused-ring (bicyclic) bond motifs is 2. The fourth-order valence-electron chi connectivity index (χ4n) is 2.72. The lowest BCUT2D eigenvalue weighted by Crippen LogP contribution is -2.42. The maximum atomic E-state index is 11.9. The molecule has 1 fully saturated rings. The Morgan fingerprint density at radius 1 is 1.22 bits per heavy atom. The van der Waals surface area contributed by atoms with Gasteiger partial charge in [0.05, 0.1) is 6.42 Å². The highest BCUT2D eigenvalue weighted by atomic mass is 16.5. The lowest BCUT2D eigenvalue weighted by atomic mass is 9.73. The molecule has 0 aromatic carbocycles. The molecule has 5 heteroatoms. The normalized spacial score (nSPS) is 21.5. The number of aryl methyl sites for hydroxylation is 1. The van der Waals surface area contributed by atoms with Gasteiger partial charge in [0, 0.05) is 24.7 Å². The van der Waals surface area contributed by atoms with Crippen molar-refractivity contribution in [3.63, 3.8) is 0 Å². The molecule has 0 radical (unpaired) electrons. The third-order valence-corrected chi connectivity index (χ3v) is 3.66. The quantitative estimate of drug-likeness (QED) is 0.649. The van der Waals surface area contributed by atoms with E-state index in [4.69, 9.17) is 13.9 Å². The van der Waals surface area contributed by atoms with Gasteiger partial charge in [-0.15, -0.1) is 0 Å². The Morgan fingerprint density at radius 2 is 1.94 bits per heavy atom. The van der Waals surface area contributed by atoms with Crippen LogP contribution in [-0.2, 0) is 14.9 Å². The highest BCUT2D eigenvalue weighted by molar-refractivity contribution is 5.77. The average molecular weight is 250 g/mol. The van der Waals surface area contributed by atoms with Gasteiger partial charge in [0.25, 0.3) is 0 Å². The Morgan fingerprint density at radius 3 is 2.67 bits per heavy atom. The van der Waals surface area contributed by atoms with Gasteiger partial charge in [0.2, 0.25) is 11.2 Å². The van der Waals surface area contributed by atoms with E-state index < -0.39 is 5.41 Å². The highest BCUT2D eigenvalue weighted by Crippen LogP contribution is 2.44. The van der Waals surface area contributed by atoms with E-state index in [1.807, 2.05) is 0 Å². The van der Waals surface area contributed by atoms with Crippen molar-refractivity contribution in [3.05, 3.63) is 27.8 Å². The molecular formula is C13H14O5. The molecule has 1 spiro atoms. The fourth-order valence-corrected chi connectivity index (χ4v) is 2.72. The van der Waals surface area contributed by atoms with E-state index in [1.165, 1.54) is 6.07 Å². The Bertz CT molecular complexity index is 551. The zero-order valence-corrected chi connectivity index (χ0v) is 10.2. The van der Waals surface area contributed by atoms with Gasteiger partial charge in [-0.05, 0) is 19.8 Å². The summed E-state index contributed by atoms with van der Waals surface area (Å²) < 4.78 is 16.1. The Hall–Kier alpha value is -1.62. The summed E-state index contributed by atoms with van der Waals surface area (Å²) in [6.07, 6.45) is 1.62. The topological polar surface area (TPSA) is 65.7 Å². The summed E-state index contributed by atoms with van der Waals surface area (Å²) in [4.78, 5) is 23.6. The minimum atomic E-state index is -0.423. The third kappa shape index (κ3) is 1.66. The molecule has 18 heavy (non-hydrogen) atoms. The molecule has 3 rings (SSSR count). The van der Waals surface area contributed by atoms with Crippen LogP contribution in [0.25, 0.3) is 0 Å².